The molecule has 0 atom stereocenters. The SMILES string of the molecule is COc1ccc2nc(SCC(=O)Nc3ccc(-c4nc5ccc(NC(=O)CSc6nc7ccc(OC)cc7[nH]6)cc5[nH]4)cc3)[nH]c2c1. The van der Waals surface area contributed by atoms with Crippen LogP contribution < -0.4 is 20.1 Å². The molecule has 0 spiro atoms. The fourth-order valence-corrected chi connectivity index (χ4v) is 6.29. The van der Waals surface area contributed by atoms with E-state index >= 15 is 0 Å². The number of anilines is 2. The van der Waals surface area contributed by atoms with Crippen LogP contribution in [0.1, 0.15) is 0 Å². The van der Waals surface area contributed by atoms with Gasteiger partial charge in [0, 0.05) is 29.1 Å². The van der Waals surface area contributed by atoms with E-state index in [0.29, 0.717) is 27.5 Å². The number of H-pyrrole nitrogens is 3. The van der Waals surface area contributed by atoms with Crippen LogP contribution in [0.25, 0.3) is 44.5 Å². The molecule has 7 aromatic rings. The van der Waals surface area contributed by atoms with Gasteiger partial charge in [0.05, 0.1) is 58.8 Å². The second-order valence-corrected chi connectivity index (χ2v) is 12.3. The standard InChI is InChI=1S/C33H28N8O4S2/c1-44-21-8-11-24-27(14-21)40-32(38-24)46-16-29(42)34-19-5-3-18(4-6-19)31-36-23-10-7-20(13-26(23)37-31)35-30(43)17-47-33-39-25-12-9-22(45-2)15-28(25)41-33/h3-15H,16-17H2,1-2H3,(H,34,42)(H,35,43)(H,36,37)(H,38,40)(H,39,41). The Kier molecular flexibility index (Phi) is 8.42. The zero-order valence-corrected chi connectivity index (χ0v) is 26.8. The van der Waals surface area contributed by atoms with E-state index < -0.39 is 0 Å². The minimum Gasteiger partial charge on any atom is -0.497 e. The summed E-state index contributed by atoms with van der Waals surface area (Å²) in [5, 5.41) is 7.18. The third kappa shape index (κ3) is 6.88. The number of nitrogens with zero attached hydrogens (tertiary/aromatic N) is 3. The molecular formula is C33H28N8O4S2. The van der Waals surface area contributed by atoms with Crippen molar-refractivity contribution >= 4 is 79.8 Å². The van der Waals surface area contributed by atoms with E-state index in [4.69, 9.17) is 14.5 Å². The van der Waals surface area contributed by atoms with Crippen molar-refractivity contribution < 1.29 is 19.1 Å². The molecule has 7 rings (SSSR count). The Morgan fingerprint density at radius 2 is 1.11 bits per heavy atom. The van der Waals surface area contributed by atoms with Gasteiger partial charge in [-0.05, 0) is 66.7 Å². The monoisotopic (exact) mass is 664 g/mol. The minimum atomic E-state index is -0.151. The topological polar surface area (TPSA) is 163 Å². The molecule has 0 unspecified atom stereocenters. The summed E-state index contributed by atoms with van der Waals surface area (Å²) in [5.41, 5.74) is 7.07. The number of nitrogens with one attached hydrogen (secondary N) is 5. The van der Waals surface area contributed by atoms with Crippen molar-refractivity contribution in [2.24, 2.45) is 0 Å². The summed E-state index contributed by atoms with van der Waals surface area (Å²) in [4.78, 5) is 48.8. The van der Waals surface area contributed by atoms with Crippen LogP contribution in [-0.2, 0) is 9.59 Å². The van der Waals surface area contributed by atoms with Gasteiger partial charge in [0.1, 0.15) is 17.3 Å². The first-order valence-corrected chi connectivity index (χ1v) is 16.4. The van der Waals surface area contributed by atoms with Gasteiger partial charge in [-0.25, -0.2) is 15.0 Å². The first-order chi connectivity index (χ1) is 22.9. The number of hydrogen-bond acceptors (Lipinski definition) is 9. The van der Waals surface area contributed by atoms with Gasteiger partial charge in [-0.2, -0.15) is 0 Å². The lowest BCUT2D eigenvalue weighted by atomic mass is 10.2. The number of carbonyl (C=O) groups is 2. The number of benzene rings is 4. The van der Waals surface area contributed by atoms with E-state index in [-0.39, 0.29) is 23.3 Å². The van der Waals surface area contributed by atoms with Crippen molar-refractivity contribution in [1.29, 1.82) is 0 Å². The Hall–Kier alpha value is -5.47. The van der Waals surface area contributed by atoms with Gasteiger partial charge in [-0.1, -0.05) is 23.5 Å². The van der Waals surface area contributed by atoms with Gasteiger partial charge in [0.2, 0.25) is 11.8 Å². The molecule has 0 bridgehead atoms. The van der Waals surface area contributed by atoms with Crippen LogP contribution in [0.4, 0.5) is 11.4 Å². The van der Waals surface area contributed by atoms with Crippen LogP contribution in [-0.4, -0.2) is 67.4 Å². The van der Waals surface area contributed by atoms with Gasteiger partial charge in [0.25, 0.3) is 0 Å². The summed E-state index contributed by atoms with van der Waals surface area (Å²) < 4.78 is 10.5. The van der Waals surface area contributed by atoms with Crippen LogP contribution in [0.2, 0.25) is 0 Å². The molecule has 236 valence electrons. The summed E-state index contributed by atoms with van der Waals surface area (Å²) in [6.45, 7) is 0. The van der Waals surface area contributed by atoms with E-state index in [9.17, 15) is 9.59 Å². The van der Waals surface area contributed by atoms with E-state index in [2.05, 4.69) is 35.6 Å². The number of methoxy groups -OCH3 is 2. The van der Waals surface area contributed by atoms with Crippen molar-refractivity contribution in [1.82, 2.24) is 29.9 Å². The third-order valence-corrected chi connectivity index (χ3v) is 8.97. The maximum absolute atomic E-state index is 12.7. The molecule has 47 heavy (non-hydrogen) atoms. The molecule has 0 saturated heterocycles. The lowest BCUT2D eigenvalue weighted by molar-refractivity contribution is -0.114. The third-order valence-electron chi connectivity index (χ3n) is 7.22. The highest BCUT2D eigenvalue weighted by molar-refractivity contribution is 8.00. The number of rotatable bonds is 11. The molecule has 0 fully saturated rings. The number of aromatic nitrogens is 6. The maximum Gasteiger partial charge on any atom is 0.234 e. The van der Waals surface area contributed by atoms with Crippen molar-refractivity contribution in [3.63, 3.8) is 0 Å². The largest absolute Gasteiger partial charge is 0.497 e. The predicted octanol–water partition coefficient (Wildman–Crippen LogP) is 6.46. The Morgan fingerprint density at radius 1 is 0.617 bits per heavy atom. The molecule has 5 N–H and O–H groups in total. The number of fused-ring (bicyclic) bond motifs is 3. The normalized spacial score (nSPS) is 11.3. The molecule has 3 heterocycles. The zero-order valence-electron chi connectivity index (χ0n) is 25.2. The van der Waals surface area contributed by atoms with Gasteiger partial charge < -0.3 is 35.1 Å². The van der Waals surface area contributed by atoms with Gasteiger partial charge in [-0.3, -0.25) is 9.59 Å². The summed E-state index contributed by atoms with van der Waals surface area (Å²) in [7, 11) is 3.23. The second kappa shape index (κ2) is 13.1. The lowest BCUT2D eigenvalue weighted by Gasteiger charge is -2.05. The maximum atomic E-state index is 12.7. The molecule has 0 aliphatic rings. The highest BCUT2D eigenvalue weighted by atomic mass is 32.2. The van der Waals surface area contributed by atoms with Crippen LogP contribution >= 0.6 is 23.5 Å². The number of amides is 2. The molecule has 2 amide bonds. The van der Waals surface area contributed by atoms with E-state index in [1.807, 2.05) is 78.9 Å². The highest BCUT2D eigenvalue weighted by Gasteiger charge is 2.12. The van der Waals surface area contributed by atoms with Gasteiger partial charge in [-0.15, -0.1) is 0 Å². The Balaban J connectivity index is 0.928. The molecular weight excluding hydrogens is 637 g/mol. The average molecular weight is 665 g/mol. The molecule has 3 aromatic heterocycles. The fraction of sp³-hybridized carbons (Fsp3) is 0.121. The Bertz CT molecular complexity index is 2240. The number of imidazole rings is 3. The number of aromatic amines is 3. The van der Waals surface area contributed by atoms with Crippen molar-refractivity contribution in [3.05, 3.63) is 78.9 Å². The Morgan fingerprint density at radius 3 is 1.68 bits per heavy atom. The molecule has 0 aliphatic carbocycles. The van der Waals surface area contributed by atoms with Crippen molar-refractivity contribution in [3.8, 4) is 22.9 Å². The van der Waals surface area contributed by atoms with E-state index in [1.54, 1.807) is 14.2 Å². The van der Waals surface area contributed by atoms with Crippen LogP contribution in [0.3, 0.4) is 0 Å². The number of thioether (sulfide) groups is 2. The number of ether oxygens (including phenoxy) is 2. The first-order valence-electron chi connectivity index (χ1n) is 14.5. The summed E-state index contributed by atoms with van der Waals surface area (Å²) in [5.74, 6) is 2.26. The molecule has 0 radical (unpaired) electrons. The number of hydrogen-bond donors (Lipinski definition) is 5. The van der Waals surface area contributed by atoms with Gasteiger partial charge >= 0.3 is 0 Å². The predicted molar refractivity (Wildman–Crippen MR) is 186 cm³/mol. The molecule has 12 nitrogen and oxygen atoms in total. The molecule has 0 aliphatic heterocycles. The lowest BCUT2D eigenvalue weighted by Crippen LogP contribution is -2.14. The highest BCUT2D eigenvalue weighted by Crippen LogP contribution is 2.27. The quantitative estimate of drug-likeness (QED) is 0.0977. The first kappa shape index (κ1) is 30.2. The van der Waals surface area contributed by atoms with Crippen molar-refractivity contribution in [2.75, 3.05) is 36.4 Å². The second-order valence-electron chi connectivity index (χ2n) is 10.4. The zero-order chi connectivity index (χ0) is 32.3. The van der Waals surface area contributed by atoms with Crippen LogP contribution in [0, 0.1) is 0 Å². The van der Waals surface area contributed by atoms with Gasteiger partial charge in [0.15, 0.2) is 10.3 Å². The Labute approximate surface area is 276 Å². The molecule has 0 saturated carbocycles. The summed E-state index contributed by atoms with van der Waals surface area (Å²) >= 11 is 2.65. The smallest absolute Gasteiger partial charge is 0.234 e. The van der Waals surface area contributed by atoms with Crippen molar-refractivity contribution in [2.45, 2.75) is 10.3 Å². The van der Waals surface area contributed by atoms with E-state index in [0.717, 1.165) is 50.2 Å². The molecule has 4 aromatic carbocycles. The van der Waals surface area contributed by atoms with E-state index in [1.165, 1.54) is 23.5 Å². The summed E-state index contributed by atoms with van der Waals surface area (Å²) in [6, 6.07) is 24.2. The van der Waals surface area contributed by atoms with Crippen LogP contribution in [0.15, 0.2) is 89.2 Å². The molecule has 14 heteroatoms. The fourth-order valence-electron chi connectivity index (χ4n) is 4.92. The minimum absolute atomic E-state index is 0.143. The van der Waals surface area contributed by atoms with Crippen LogP contribution in [0.5, 0.6) is 11.5 Å². The number of carbonyl (C=O) groups excluding carboxylic acids is 2. The summed E-state index contributed by atoms with van der Waals surface area (Å²) in [6.07, 6.45) is 0. The average Bonchev–Trinajstić information content (AvgIpc) is 3.82.